The minimum atomic E-state index is 0.495. The van der Waals surface area contributed by atoms with Gasteiger partial charge >= 0.3 is 0 Å². The van der Waals surface area contributed by atoms with Crippen LogP contribution in [0.25, 0.3) is 16.9 Å². The fourth-order valence-corrected chi connectivity index (χ4v) is 2.51. The lowest BCUT2D eigenvalue weighted by atomic mass is 10.2. The normalized spacial score (nSPS) is 11.0. The number of halogens is 1. The Hall–Kier alpha value is -1.65. The number of hydrogen-bond acceptors (Lipinski definition) is 2. The van der Waals surface area contributed by atoms with Gasteiger partial charge < -0.3 is 5.73 Å². The van der Waals surface area contributed by atoms with E-state index >= 15 is 0 Å². The quantitative estimate of drug-likeness (QED) is 0.790. The third-order valence-electron chi connectivity index (χ3n) is 2.92. The highest BCUT2D eigenvalue weighted by molar-refractivity contribution is 9.10. The molecule has 0 bridgehead atoms. The minimum absolute atomic E-state index is 0.495. The van der Waals surface area contributed by atoms with E-state index < -0.39 is 0 Å². The Labute approximate surface area is 113 Å². The molecule has 0 fully saturated rings. The molecule has 0 amide bonds. The van der Waals surface area contributed by atoms with Crippen molar-refractivity contribution in [1.29, 1.82) is 0 Å². The van der Waals surface area contributed by atoms with Crippen LogP contribution in [0.1, 0.15) is 5.69 Å². The number of pyridine rings is 1. The van der Waals surface area contributed by atoms with E-state index in [9.17, 15) is 0 Å². The molecule has 2 N–H and O–H groups in total. The number of benzene rings is 1. The second-order valence-corrected chi connectivity index (χ2v) is 4.99. The summed E-state index contributed by atoms with van der Waals surface area (Å²) in [6.45, 7) is 0.495. The molecule has 0 atom stereocenters. The molecule has 0 aliphatic rings. The molecule has 3 aromatic rings. The van der Waals surface area contributed by atoms with Crippen molar-refractivity contribution in [2.45, 2.75) is 6.54 Å². The zero-order chi connectivity index (χ0) is 12.5. The topological polar surface area (TPSA) is 43.3 Å². The lowest BCUT2D eigenvalue weighted by Gasteiger charge is -2.07. The SMILES string of the molecule is NCc1cccc2cnc(-c3cccc(Br)c3)n12. The highest BCUT2D eigenvalue weighted by atomic mass is 79.9. The van der Waals surface area contributed by atoms with Gasteiger partial charge in [0.1, 0.15) is 5.82 Å². The summed E-state index contributed by atoms with van der Waals surface area (Å²) in [7, 11) is 0. The van der Waals surface area contributed by atoms with Crippen LogP contribution in [0.5, 0.6) is 0 Å². The Morgan fingerprint density at radius 2 is 2.00 bits per heavy atom. The van der Waals surface area contributed by atoms with Gasteiger partial charge in [0.25, 0.3) is 0 Å². The van der Waals surface area contributed by atoms with Crippen LogP contribution in [0.4, 0.5) is 0 Å². The van der Waals surface area contributed by atoms with Gasteiger partial charge in [-0.1, -0.05) is 34.1 Å². The smallest absolute Gasteiger partial charge is 0.144 e. The molecule has 2 aromatic heterocycles. The van der Waals surface area contributed by atoms with E-state index in [0.29, 0.717) is 6.54 Å². The second kappa shape index (κ2) is 4.55. The van der Waals surface area contributed by atoms with E-state index in [0.717, 1.165) is 27.1 Å². The van der Waals surface area contributed by atoms with Crippen molar-refractivity contribution in [3.63, 3.8) is 0 Å². The molecule has 0 aliphatic carbocycles. The van der Waals surface area contributed by atoms with Crippen molar-refractivity contribution in [2.24, 2.45) is 5.73 Å². The molecule has 3 rings (SSSR count). The summed E-state index contributed by atoms with van der Waals surface area (Å²) in [6, 6.07) is 14.2. The van der Waals surface area contributed by atoms with Crippen LogP contribution in [0.15, 0.2) is 53.1 Å². The first-order valence-electron chi connectivity index (χ1n) is 5.71. The maximum atomic E-state index is 5.79. The maximum absolute atomic E-state index is 5.79. The Morgan fingerprint density at radius 1 is 1.17 bits per heavy atom. The fourth-order valence-electron chi connectivity index (χ4n) is 2.11. The summed E-state index contributed by atoms with van der Waals surface area (Å²) >= 11 is 3.49. The summed E-state index contributed by atoms with van der Waals surface area (Å²) in [5.41, 5.74) is 8.99. The molecule has 90 valence electrons. The summed E-state index contributed by atoms with van der Waals surface area (Å²) in [4.78, 5) is 4.50. The Kier molecular flexibility index (Phi) is 2.89. The van der Waals surface area contributed by atoms with Crippen LogP contribution in [-0.4, -0.2) is 9.38 Å². The molecular formula is C14H12BrN3. The Morgan fingerprint density at radius 3 is 2.78 bits per heavy atom. The summed E-state index contributed by atoms with van der Waals surface area (Å²) in [6.07, 6.45) is 1.87. The zero-order valence-corrected chi connectivity index (χ0v) is 11.3. The predicted octanol–water partition coefficient (Wildman–Crippen LogP) is 3.22. The van der Waals surface area contributed by atoms with Crippen molar-refractivity contribution < 1.29 is 0 Å². The van der Waals surface area contributed by atoms with Gasteiger partial charge in [0.2, 0.25) is 0 Å². The molecule has 0 unspecified atom stereocenters. The molecule has 0 spiro atoms. The van der Waals surface area contributed by atoms with Gasteiger partial charge in [0, 0.05) is 22.3 Å². The van der Waals surface area contributed by atoms with Crippen molar-refractivity contribution in [2.75, 3.05) is 0 Å². The van der Waals surface area contributed by atoms with Gasteiger partial charge in [-0.3, -0.25) is 4.40 Å². The number of nitrogens with zero attached hydrogens (tertiary/aromatic N) is 2. The molecule has 1 aromatic carbocycles. The highest BCUT2D eigenvalue weighted by Crippen LogP contribution is 2.24. The minimum Gasteiger partial charge on any atom is -0.325 e. The van der Waals surface area contributed by atoms with Gasteiger partial charge in [0.05, 0.1) is 11.7 Å². The van der Waals surface area contributed by atoms with Gasteiger partial charge in [0.15, 0.2) is 0 Å². The van der Waals surface area contributed by atoms with Crippen LogP contribution in [-0.2, 0) is 6.54 Å². The highest BCUT2D eigenvalue weighted by Gasteiger charge is 2.09. The largest absolute Gasteiger partial charge is 0.325 e. The summed E-state index contributed by atoms with van der Waals surface area (Å²) in [5, 5.41) is 0. The monoisotopic (exact) mass is 301 g/mol. The molecule has 0 aliphatic heterocycles. The van der Waals surface area contributed by atoms with E-state index in [1.807, 2.05) is 42.6 Å². The average molecular weight is 302 g/mol. The van der Waals surface area contributed by atoms with Crippen molar-refractivity contribution in [3.05, 3.63) is 58.8 Å². The molecule has 2 heterocycles. The van der Waals surface area contributed by atoms with Crippen LogP contribution in [0.2, 0.25) is 0 Å². The molecular weight excluding hydrogens is 290 g/mol. The van der Waals surface area contributed by atoms with Gasteiger partial charge in [-0.05, 0) is 24.3 Å². The first kappa shape index (κ1) is 11.4. The van der Waals surface area contributed by atoms with Gasteiger partial charge in [-0.15, -0.1) is 0 Å². The maximum Gasteiger partial charge on any atom is 0.144 e. The van der Waals surface area contributed by atoms with Gasteiger partial charge in [-0.2, -0.15) is 0 Å². The second-order valence-electron chi connectivity index (χ2n) is 4.07. The first-order valence-corrected chi connectivity index (χ1v) is 6.50. The summed E-state index contributed by atoms with van der Waals surface area (Å²) in [5.74, 6) is 0.923. The average Bonchev–Trinajstić information content (AvgIpc) is 2.82. The van der Waals surface area contributed by atoms with Gasteiger partial charge in [-0.25, -0.2) is 4.98 Å². The lowest BCUT2D eigenvalue weighted by Crippen LogP contribution is -2.04. The number of nitrogens with two attached hydrogens (primary N) is 1. The van der Waals surface area contributed by atoms with E-state index in [4.69, 9.17) is 5.73 Å². The van der Waals surface area contributed by atoms with E-state index in [2.05, 4.69) is 31.4 Å². The summed E-state index contributed by atoms with van der Waals surface area (Å²) < 4.78 is 3.14. The first-order chi connectivity index (χ1) is 8.79. The van der Waals surface area contributed by atoms with Crippen LogP contribution in [0, 0.1) is 0 Å². The molecule has 4 heteroatoms. The third-order valence-corrected chi connectivity index (χ3v) is 3.42. The van der Waals surface area contributed by atoms with E-state index in [1.165, 1.54) is 0 Å². The molecule has 18 heavy (non-hydrogen) atoms. The van der Waals surface area contributed by atoms with E-state index in [1.54, 1.807) is 0 Å². The number of hydrogen-bond donors (Lipinski definition) is 1. The molecule has 0 radical (unpaired) electrons. The predicted molar refractivity (Wildman–Crippen MR) is 76.2 cm³/mol. The lowest BCUT2D eigenvalue weighted by molar-refractivity contribution is 0.946. The van der Waals surface area contributed by atoms with Crippen molar-refractivity contribution in [3.8, 4) is 11.4 Å². The van der Waals surface area contributed by atoms with Crippen molar-refractivity contribution >= 4 is 21.4 Å². The number of aromatic nitrogens is 2. The molecule has 0 saturated carbocycles. The Balaban J connectivity index is 2.30. The van der Waals surface area contributed by atoms with E-state index in [-0.39, 0.29) is 0 Å². The standard InChI is InChI=1S/C14H12BrN3/c15-11-4-1-3-10(7-11)14-17-9-13-6-2-5-12(8-16)18(13)14/h1-7,9H,8,16H2. The number of imidazole rings is 1. The molecule has 0 saturated heterocycles. The third kappa shape index (κ3) is 1.83. The number of rotatable bonds is 2. The van der Waals surface area contributed by atoms with Crippen molar-refractivity contribution in [1.82, 2.24) is 9.38 Å². The fraction of sp³-hybridized carbons (Fsp3) is 0.0714. The van der Waals surface area contributed by atoms with Crippen LogP contribution < -0.4 is 5.73 Å². The zero-order valence-electron chi connectivity index (χ0n) is 9.68. The van der Waals surface area contributed by atoms with Crippen LogP contribution in [0.3, 0.4) is 0 Å². The number of fused-ring (bicyclic) bond motifs is 1. The molecule has 3 nitrogen and oxygen atoms in total. The Bertz CT molecular complexity index is 703. The van der Waals surface area contributed by atoms with Crippen LogP contribution >= 0.6 is 15.9 Å².